The van der Waals surface area contributed by atoms with Crippen molar-refractivity contribution in [1.29, 1.82) is 0 Å². The number of amides is 1. The van der Waals surface area contributed by atoms with Crippen molar-refractivity contribution >= 4 is 56.6 Å². The number of anilines is 1. The third kappa shape index (κ3) is 5.28. The molecule has 0 radical (unpaired) electrons. The summed E-state index contributed by atoms with van der Waals surface area (Å²) in [5.41, 5.74) is 2.33. The van der Waals surface area contributed by atoms with E-state index in [1.807, 2.05) is 53.2 Å². The van der Waals surface area contributed by atoms with Gasteiger partial charge in [-0.1, -0.05) is 29.0 Å². The summed E-state index contributed by atoms with van der Waals surface area (Å²) in [4.78, 5) is 21.9. The van der Waals surface area contributed by atoms with Crippen LogP contribution in [0.5, 0.6) is 0 Å². The maximum atomic E-state index is 13.3. The van der Waals surface area contributed by atoms with Gasteiger partial charge in [0.25, 0.3) is 5.91 Å². The van der Waals surface area contributed by atoms with E-state index in [0.29, 0.717) is 22.4 Å². The van der Waals surface area contributed by atoms with E-state index in [2.05, 4.69) is 10.00 Å². The predicted molar refractivity (Wildman–Crippen MR) is 124 cm³/mol. The molecule has 158 valence electrons. The summed E-state index contributed by atoms with van der Waals surface area (Å²) in [6, 6.07) is 5.81. The van der Waals surface area contributed by atoms with Crippen LogP contribution in [0.25, 0.3) is 10.2 Å². The van der Waals surface area contributed by atoms with E-state index in [9.17, 15) is 4.79 Å². The van der Waals surface area contributed by atoms with Crippen molar-refractivity contribution in [1.82, 2.24) is 19.7 Å². The fraction of sp³-hybridized carbons (Fsp3) is 0.450. The molecule has 29 heavy (non-hydrogen) atoms. The van der Waals surface area contributed by atoms with Crippen molar-refractivity contribution in [3.8, 4) is 0 Å². The van der Waals surface area contributed by atoms with E-state index in [1.54, 1.807) is 15.6 Å². The fourth-order valence-electron chi connectivity index (χ4n) is 2.91. The number of nitrogens with zero attached hydrogens (tertiary/aromatic N) is 5. The van der Waals surface area contributed by atoms with Gasteiger partial charge >= 0.3 is 0 Å². The predicted octanol–water partition coefficient (Wildman–Crippen LogP) is 5.06. The smallest absolute Gasteiger partial charge is 0.280 e. The van der Waals surface area contributed by atoms with Crippen molar-refractivity contribution in [2.24, 2.45) is 0 Å². The molecule has 9 heteroatoms. The topological polar surface area (TPSA) is 54.3 Å². The van der Waals surface area contributed by atoms with Crippen LogP contribution < -0.4 is 4.90 Å². The lowest BCUT2D eigenvalue weighted by molar-refractivity contribution is 0.0980. The maximum absolute atomic E-state index is 13.3. The Balaban J connectivity index is 0.00000300. The van der Waals surface area contributed by atoms with Crippen molar-refractivity contribution in [3.63, 3.8) is 0 Å². The van der Waals surface area contributed by atoms with E-state index in [4.69, 9.17) is 16.6 Å². The molecule has 0 unspecified atom stereocenters. The van der Waals surface area contributed by atoms with Crippen LogP contribution in [0.4, 0.5) is 5.13 Å². The summed E-state index contributed by atoms with van der Waals surface area (Å²) in [6.45, 7) is 7.53. The van der Waals surface area contributed by atoms with E-state index in [1.165, 1.54) is 11.3 Å². The van der Waals surface area contributed by atoms with Gasteiger partial charge in [0.2, 0.25) is 0 Å². The Kier molecular flexibility index (Phi) is 8.05. The molecule has 0 saturated heterocycles. The highest BCUT2D eigenvalue weighted by molar-refractivity contribution is 7.23. The Morgan fingerprint density at radius 3 is 2.55 bits per heavy atom. The number of fused-ring (bicyclic) bond motifs is 1. The summed E-state index contributed by atoms with van der Waals surface area (Å²) in [6.07, 6.45) is 2.68. The quantitative estimate of drug-likeness (QED) is 0.499. The van der Waals surface area contributed by atoms with Crippen molar-refractivity contribution in [3.05, 3.63) is 40.7 Å². The van der Waals surface area contributed by atoms with Crippen LogP contribution in [0.2, 0.25) is 5.02 Å². The standard InChI is InChI=1S/C20H26ClN5OS.ClH/c1-13(2)26-12-9-16(23-26)19(27)25(11-6-10-24(4)5)20-22-17-14(3)7-8-15(21)18(17)28-20;/h7-9,12-13H,6,10-11H2,1-5H3;1H. The van der Waals surface area contributed by atoms with Crippen LogP contribution in [-0.4, -0.2) is 52.8 Å². The van der Waals surface area contributed by atoms with Crippen LogP contribution in [-0.2, 0) is 0 Å². The number of hydrogen-bond acceptors (Lipinski definition) is 5. The van der Waals surface area contributed by atoms with Crippen LogP contribution in [0.1, 0.15) is 42.4 Å². The molecule has 2 aromatic heterocycles. The minimum absolute atomic E-state index is 0. The van der Waals surface area contributed by atoms with Crippen LogP contribution in [0.3, 0.4) is 0 Å². The van der Waals surface area contributed by atoms with Gasteiger partial charge in [0.05, 0.1) is 15.2 Å². The van der Waals surface area contributed by atoms with Crippen molar-refractivity contribution < 1.29 is 4.79 Å². The van der Waals surface area contributed by atoms with E-state index < -0.39 is 0 Å². The zero-order chi connectivity index (χ0) is 20.4. The van der Waals surface area contributed by atoms with Gasteiger partial charge < -0.3 is 4.90 Å². The highest BCUT2D eigenvalue weighted by atomic mass is 35.5. The number of rotatable bonds is 7. The normalized spacial score (nSPS) is 11.3. The Morgan fingerprint density at radius 2 is 1.97 bits per heavy atom. The van der Waals surface area contributed by atoms with E-state index in [0.717, 1.165) is 28.7 Å². The molecular weight excluding hydrogens is 429 g/mol. The molecule has 3 aromatic rings. The van der Waals surface area contributed by atoms with E-state index in [-0.39, 0.29) is 24.4 Å². The van der Waals surface area contributed by atoms with Gasteiger partial charge in [0, 0.05) is 18.8 Å². The van der Waals surface area contributed by atoms with Gasteiger partial charge in [-0.3, -0.25) is 14.4 Å². The average Bonchev–Trinajstić information content (AvgIpc) is 3.29. The summed E-state index contributed by atoms with van der Waals surface area (Å²) < 4.78 is 2.71. The maximum Gasteiger partial charge on any atom is 0.280 e. The number of benzene rings is 1. The number of aromatic nitrogens is 3. The minimum Gasteiger partial charge on any atom is -0.309 e. The number of carbonyl (C=O) groups is 1. The largest absolute Gasteiger partial charge is 0.309 e. The Bertz CT molecular complexity index is 944. The second kappa shape index (κ2) is 9.89. The van der Waals surface area contributed by atoms with Crippen LogP contribution in [0, 0.1) is 6.92 Å². The zero-order valence-corrected chi connectivity index (χ0v) is 19.7. The molecule has 0 saturated carbocycles. The molecule has 2 heterocycles. The molecule has 0 aliphatic heterocycles. The second-order valence-corrected chi connectivity index (χ2v) is 8.81. The van der Waals surface area contributed by atoms with Gasteiger partial charge in [-0.25, -0.2) is 4.98 Å². The molecular formula is C20H27Cl2N5OS. The Labute approximate surface area is 186 Å². The first-order valence-corrected chi connectivity index (χ1v) is 10.5. The monoisotopic (exact) mass is 455 g/mol. The number of aryl methyl sites for hydroxylation is 1. The van der Waals surface area contributed by atoms with Crippen LogP contribution in [0.15, 0.2) is 24.4 Å². The first-order chi connectivity index (χ1) is 13.3. The summed E-state index contributed by atoms with van der Waals surface area (Å²) in [5, 5.41) is 5.78. The summed E-state index contributed by atoms with van der Waals surface area (Å²) >= 11 is 7.83. The lowest BCUT2D eigenvalue weighted by Crippen LogP contribution is -2.33. The first-order valence-electron chi connectivity index (χ1n) is 9.35. The first kappa shape index (κ1) is 23.6. The lowest BCUT2D eigenvalue weighted by Gasteiger charge is -2.20. The molecule has 0 bridgehead atoms. The zero-order valence-electron chi connectivity index (χ0n) is 17.3. The van der Waals surface area contributed by atoms with E-state index >= 15 is 0 Å². The van der Waals surface area contributed by atoms with Crippen LogP contribution >= 0.6 is 35.3 Å². The summed E-state index contributed by atoms with van der Waals surface area (Å²) in [5.74, 6) is -0.133. The van der Waals surface area contributed by atoms with Gasteiger partial charge in [-0.2, -0.15) is 5.10 Å². The van der Waals surface area contributed by atoms with Gasteiger partial charge in [-0.05, 0) is 65.5 Å². The highest BCUT2D eigenvalue weighted by Crippen LogP contribution is 2.36. The van der Waals surface area contributed by atoms with Gasteiger partial charge in [0.15, 0.2) is 10.8 Å². The number of thiazole rings is 1. The van der Waals surface area contributed by atoms with Gasteiger partial charge in [0.1, 0.15) is 0 Å². The van der Waals surface area contributed by atoms with Crippen molar-refractivity contribution in [2.75, 3.05) is 32.1 Å². The molecule has 0 fully saturated rings. The minimum atomic E-state index is -0.133. The lowest BCUT2D eigenvalue weighted by atomic mass is 10.2. The Hall–Kier alpha value is -1.67. The molecule has 1 aromatic carbocycles. The third-order valence-electron chi connectivity index (χ3n) is 4.51. The Morgan fingerprint density at radius 1 is 1.24 bits per heavy atom. The number of hydrogen-bond donors (Lipinski definition) is 0. The third-order valence-corrected chi connectivity index (χ3v) is 6.04. The SMILES string of the molecule is Cc1ccc(Cl)c2sc(N(CCCN(C)C)C(=O)c3ccn(C(C)C)n3)nc12.Cl. The van der Waals surface area contributed by atoms with Gasteiger partial charge in [-0.15, -0.1) is 12.4 Å². The molecule has 1 amide bonds. The second-order valence-electron chi connectivity index (χ2n) is 7.43. The molecule has 0 N–H and O–H groups in total. The average molecular weight is 456 g/mol. The molecule has 3 rings (SSSR count). The molecule has 0 atom stereocenters. The molecule has 0 aliphatic rings. The molecule has 6 nitrogen and oxygen atoms in total. The highest BCUT2D eigenvalue weighted by Gasteiger charge is 2.24. The molecule has 0 spiro atoms. The summed E-state index contributed by atoms with van der Waals surface area (Å²) in [7, 11) is 4.05. The number of carbonyl (C=O) groups excluding carboxylic acids is 1. The fourth-order valence-corrected chi connectivity index (χ4v) is 4.25. The molecule has 0 aliphatic carbocycles. The van der Waals surface area contributed by atoms with Crippen molar-refractivity contribution in [2.45, 2.75) is 33.2 Å². The number of halogens is 2.